The predicted molar refractivity (Wildman–Crippen MR) is 127 cm³/mol. The number of benzene rings is 4. The van der Waals surface area contributed by atoms with Gasteiger partial charge in [0.1, 0.15) is 11.6 Å². The molecule has 0 atom stereocenters. The monoisotopic (exact) mass is 516 g/mol. The van der Waals surface area contributed by atoms with Crippen LogP contribution in [0.2, 0.25) is 0 Å². The van der Waals surface area contributed by atoms with E-state index in [0.717, 1.165) is 17.7 Å². The molecule has 0 aliphatic rings. The summed E-state index contributed by atoms with van der Waals surface area (Å²) in [4.78, 5) is 0. The molecule has 37 heavy (non-hydrogen) atoms. The van der Waals surface area contributed by atoms with E-state index in [4.69, 9.17) is 0 Å². The van der Waals surface area contributed by atoms with Gasteiger partial charge < -0.3 is 0 Å². The molecule has 0 aliphatic heterocycles. The molecule has 0 amide bonds. The van der Waals surface area contributed by atoms with Crippen LogP contribution >= 0.6 is 0 Å². The van der Waals surface area contributed by atoms with Crippen LogP contribution in [-0.4, -0.2) is 6.18 Å². The Labute approximate surface area is 208 Å². The maximum absolute atomic E-state index is 15.5. The van der Waals surface area contributed by atoms with Gasteiger partial charge in [-0.15, -0.1) is 0 Å². The van der Waals surface area contributed by atoms with E-state index in [1.165, 1.54) is 12.1 Å². The maximum atomic E-state index is 15.5. The molecule has 0 heterocycles. The average Bonchev–Trinajstić information content (AvgIpc) is 2.88. The van der Waals surface area contributed by atoms with Crippen molar-refractivity contribution in [2.75, 3.05) is 0 Å². The van der Waals surface area contributed by atoms with Crippen LogP contribution in [0.5, 0.6) is 0 Å². The van der Waals surface area contributed by atoms with E-state index in [9.17, 15) is 22.0 Å². The van der Waals surface area contributed by atoms with E-state index in [1.807, 2.05) is 0 Å². The minimum atomic E-state index is -5.45. The van der Waals surface area contributed by atoms with Crippen molar-refractivity contribution < 1.29 is 35.5 Å². The van der Waals surface area contributed by atoms with E-state index >= 15 is 8.78 Å². The Kier molecular flexibility index (Phi) is 6.97. The third kappa shape index (κ3) is 5.15. The summed E-state index contributed by atoms with van der Waals surface area (Å²) in [5.74, 6) is -1.75. The zero-order valence-electron chi connectivity index (χ0n) is 19.1. The normalized spacial score (nSPS) is 12.4. The van der Waals surface area contributed by atoms with Gasteiger partial charge in [-0.25, -0.2) is 8.78 Å². The third-order valence-electron chi connectivity index (χ3n) is 5.88. The molecule has 0 fully saturated rings. The first-order valence-electron chi connectivity index (χ1n) is 11.0. The molecular weight excluding hydrogens is 497 g/mol. The van der Waals surface area contributed by atoms with Gasteiger partial charge in [-0.05, 0) is 64.2 Å². The molecule has 1 nitrogen and oxygen atoms in total. The van der Waals surface area contributed by atoms with Crippen molar-refractivity contribution in [3.05, 3.63) is 138 Å². The summed E-state index contributed by atoms with van der Waals surface area (Å²) < 4.78 is 107. The van der Waals surface area contributed by atoms with Crippen LogP contribution in [0.1, 0.15) is 22.3 Å². The van der Waals surface area contributed by atoms with Crippen molar-refractivity contribution in [3.63, 3.8) is 0 Å². The van der Waals surface area contributed by atoms with Crippen molar-refractivity contribution in [2.24, 2.45) is 0 Å². The Hall–Kier alpha value is -3.91. The first-order chi connectivity index (χ1) is 17.5. The van der Waals surface area contributed by atoms with Gasteiger partial charge in [-0.1, -0.05) is 73.3 Å². The second-order valence-electron chi connectivity index (χ2n) is 8.22. The largest absolute Gasteiger partial charge is 0.426 e. The SMILES string of the molecule is C=Cc1ccc(-c2ccc(C(F)(F)OC(c3ccc(F)cc3)(c3ccc(F)cc3)C(F)(F)F)cc2)cc1. The molecule has 8 heteroatoms. The first kappa shape index (κ1) is 26.2. The summed E-state index contributed by atoms with van der Waals surface area (Å²) >= 11 is 0. The number of rotatable bonds is 7. The average molecular weight is 516 g/mol. The quantitative estimate of drug-likeness (QED) is 0.223. The fourth-order valence-electron chi connectivity index (χ4n) is 3.96. The number of halogens is 7. The van der Waals surface area contributed by atoms with Gasteiger partial charge in [0.15, 0.2) is 0 Å². The Morgan fingerprint density at radius 1 is 0.541 bits per heavy atom. The second kappa shape index (κ2) is 9.86. The molecule has 0 aromatic heterocycles. The first-order valence-corrected chi connectivity index (χ1v) is 11.0. The molecule has 0 aliphatic carbocycles. The van der Waals surface area contributed by atoms with Crippen molar-refractivity contribution in [1.29, 1.82) is 0 Å². The highest BCUT2D eigenvalue weighted by molar-refractivity contribution is 5.65. The molecule has 0 spiro atoms. The minimum Gasteiger partial charge on any atom is -0.290 e. The van der Waals surface area contributed by atoms with Crippen LogP contribution in [0.25, 0.3) is 17.2 Å². The zero-order valence-corrected chi connectivity index (χ0v) is 19.1. The summed E-state index contributed by atoms with van der Waals surface area (Å²) in [6.07, 6.45) is -8.26. The van der Waals surface area contributed by atoms with E-state index in [0.29, 0.717) is 59.7 Å². The lowest BCUT2D eigenvalue weighted by Crippen LogP contribution is -2.49. The lowest BCUT2D eigenvalue weighted by Gasteiger charge is -2.39. The Morgan fingerprint density at radius 3 is 1.30 bits per heavy atom. The highest BCUT2D eigenvalue weighted by atomic mass is 19.4. The number of hydrogen-bond donors (Lipinski definition) is 0. The predicted octanol–water partition coefficient (Wildman–Crippen LogP) is 8.85. The molecule has 0 saturated heterocycles. The molecular formula is C29H19F7O. The number of alkyl halides is 5. The van der Waals surface area contributed by atoms with Gasteiger partial charge in [0, 0.05) is 0 Å². The van der Waals surface area contributed by atoms with Gasteiger partial charge >= 0.3 is 12.3 Å². The Bertz CT molecular complexity index is 1310. The Balaban J connectivity index is 1.79. The van der Waals surface area contributed by atoms with Crippen LogP contribution in [0, 0.1) is 11.6 Å². The summed E-state index contributed by atoms with van der Waals surface area (Å²) in [5, 5.41) is 0. The van der Waals surface area contributed by atoms with Gasteiger partial charge in [0.25, 0.3) is 0 Å². The molecule has 0 saturated carbocycles. The number of ether oxygens (including phenoxy) is 1. The van der Waals surface area contributed by atoms with Crippen LogP contribution in [-0.2, 0) is 16.4 Å². The third-order valence-corrected chi connectivity index (χ3v) is 5.88. The van der Waals surface area contributed by atoms with Crippen LogP contribution < -0.4 is 0 Å². The molecule has 0 radical (unpaired) electrons. The number of hydrogen-bond acceptors (Lipinski definition) is 1. The van der Waals surface area contributed by atoms with Crippen LogP contribution in [0.4, 0.5) is 30.7 Å². The molecule has 4 aromatic carbocycles. The highest BCUT2D eigenvalue weighted by Gasteiger charge is 2.63. The molecule has 0 unspecified atom stereocenters. The minimum absolute atomic E-state index is 0.550. The molecule has 190 valence electrons. The summed E-state index contributed by atoms with van der Waals surface area (Å²) in [6, 6.07) is 17.3. The summed E-state index contributed by atoms with van der Waals surface area (Å²) in [6.45, 7) is 3.66. The molecule has 0 N–H and O–H groups in total. The molecule has 4 aromatic rings. The molecule has 0 bridgehead atoms. The van der Waals surface area contributed by atoms with Crippen molar-refractivity contribution in [1.82, 2.24) is 0 Å². The lowest BCUT2D eigenvalue weighted by molar-refractivity contribution is -0.370. The van der Waals surface area contributed by atoms with E-state index in [-0.39, 0.29) is 0 Å². The maximum Gasteiger partial charge on any atom is 0.426 e. The van der Waals surface area contributed by atoms with Crippen molar-refractivity contribution >= 4 is 6.08 Å². The van der Waals surface area contributed by atoms with E-state index in [2.05, 4.69) is 11.3 Å². The van der Waals surface area contributed by atoms with Gasteiger partial charge in [0.05, 0.1) is 5.56 Å². The zero-order chi connectivity index (χ0) is 26.8. The standard InChI is InChI=1S/C29H19F7O/c1-2-19-3-5-20(6-4-19)21-7-9-24(10-8-21)28(32,33)37-27(29(34,35)36,22-11-15-25(30)16-12-22)23-13-17-26(31)18-14-23/h2-18H,1H2. The van der Waals surface area contributed by atoms with Crippen LogP contribution in [0.3, 0.4) is 0 Å². The van der Waals surface area contributed by atoms with E-state index < -0.39 is 46.2 Å². The highest BCUT2D eigenvalue weighted by Crippen LogP contribution is 2.52. The van der Waals surface area contributed by atoms with Crippen LogP contribution in [0.15, 0.2) is 104 Å². The topological polar surface area (TPSA) is 9.23 Å². The van der Waals surface area contributed by atoms with Gasteiger partial charge in [0.2, 0.25) is 5.60 Å². The summed E-state index contributed by atoms with van der Waals surface area (Å²) in [5.41, 5.74) is -4.07. The van der Waals surface area contributed by atoms with E-state index in [1.54, 1.807) is 30.3 Å². The second-order valence-corrected chi connectivity index (χ2v) is 8.22. The smallest absolute Gasteiger partial charge is 0.290 e. The Morgan fingerprint density at radius 2 is 0.919 bits per heavy atom. The van der Waals surface area contributed by atoms with Gasteiger partial charge in [-0.3, -0.25) is 4.74 Å². The fourth-order valence-corrected chi connectivity index (χ4v) is 3.96. The lowest BCUT2D eigenvalue weighted by atomic mass is 9.85. The summed E-state index contributed by atoms with van der Waals surface area (Å²) in [7, 11) is 0. The van der Waals surface area contributed by atoms with Gasteiger partial charge in [-0.2, -0.15) is 22.0 Å². The van der Waals surface area contributed by atoms with Crippen molar-refractivity contribution in [2.45, 2.75) is 17.9 Å². The van der Waals surface area contributed by atoms with Crippen molar-refractivity contribution in [3.8, 4) is 11.1 Å². The fraction of sp³-hybridized carbons (Fsp3) is 0.103. The molecule has 4 rings (SSSR count).